The van der Waals surface area contributed by atoms with Crippen molar-refractivity contribution in [2.45, 2.75) is 25.3 Å². The molecule has 1 unspecified atom stereocenters. The quantitative estimate of drug-likeness (QED) is 0.484. The van der Waals surface area contributed by atoms with Crippen molar-refractivity contribution in [3.63, 3.8) is 0 Å². The topological polar surface area (TPSA) is 87.7 Å². The van der Waals surface area contributed by atoms with Crippen molar-refractivity contribution in [2.75, 3.05) is 19.8 Å². The zero-order chi connectivity index (χ0) is 12.7. The van der Waals surface area contributed by atoms with Crippen LogP contribution in [0.4, 0.5) is 4.79 Å². The number of urea groups is 1. The number of amides is 2. The van der Waals surface area contributed by atoms with Crippen molar-refractivity contribution in [3.8, 4) is 0 Å². The van der Waals surface area contributed by atoms with E-state index in [-0.39, 0.29) is 6.61 Å². The summed E-state index contributed by atoms with van der Waals surface area (Å²) in [6.07, 6.45) is 4.83. The SMILES string of the molecule is C/C=C/CCNC(=O)NC1(C(=O)O)CCOC1. The molecule has 96 valence electrons. The summed E-state index contributed by atoms with van der Waals surface area (Å²) in [5, 5.41) is 14.2. The fourth-order valence-corrected chi connectivity index (χ4v) is 1.58. The molecule has 6 heteroatoms. The summed E-state index contributed by atoms with van der Waals surface area (Å²) in [4.78, 5) is 22.6. The van der Waals surface area contributed by atoms with E-state index in [4.69, 9.17) is 9.84 Å². The Bertz CT molecular complexity index is 309. The first-order chi connectivity index (χ1) is 8.10. The monoisotopic (exact) mass is 242 g/mol. The van der Waals surface area contributed by atoms with Crippen LogP contribution in [0.2, 0.25) is 0 Å². The number of aliphatic carboxylic acids is 1. The van der Waals surface area contributed by atoms with Crippen molar-refractivity contribution in [3.05, 3.63) is 12.2 Å². The van der Waals surface area contributed by atoms with E-state index in [0.717, 1.165) is 6.42 Å². The number of rotatable bonds is 5. The van der Waals surface area contributed by atoms with Crippen LogP contribution in [0.15, 0.2) is 12.2 Å². The van der Waals surface area contributed by atoms with Gasteiger partial charge >= 0.3 is 12.0 Å². The number of allylic oxidation sites excluding steroid dienone is 1. The highest BCUT2D eigenvalue weighted by Gasteiger charge is 2.43. The van der Waals surface area contributed by atoms with E-state index in [9.17, 15) is 9.59 Å². The third-order valence-electron chi connectivity index (χ3n) is 2.62. The Kier molecular flexibility index (Phi) is 4.96. The zero-order valence-electron chi connectivity index (χ0n) is 9.86. The number of carboxylic acid groups (broad SMARTS) is 1. The lowest BCUT2D eigenvalue weighted by atomic mass is 9.99. The molecule has 0 aromatic rings. The molecule has 1 atom stereocenters. The van der Waals surface area contributed by atoms with Gasteiger partial charge in [-0.05, 0) is 13.3 Å². The minimum absolute atomic E-state index is 0.0185. The molecular weight excluding hydrogens is 224 g/mol. The van der Waals surface area contributed by atoms with Crippen LogP contribution in [0.5, 0.6) is 0 Å². The molecular formula is C11H18N2O4. The molecule has 1 aliphatic rings. The van der Waals surface area contributed by atoms with E-state index in [1.165, 1.54) is 0 Å². The van der Waals surface area contributed by atoms with Gasteiger partial charge in [-0.1, -0.05) is 12.2 Å². The number of carboxylic acids is 1. The molecule has 1 fully saturated rings. The van der Waals surface area contributed by atoms with Gasteiger partial charge in [-0.2, -0.15) is 0 Å². The Labute approximate surface area is 100 Å². The molecule has 6 nitrogen and oxygen atoms in total. The Morgan fingerprint density at radius 2 is 2.29 bits per heavy atom. The van der Waals surface area contributed by atoms with E-state index in [2.05, 4.69) is 10.6 Å². The van der Waals surface area contributed by atoms with Gasteiger partial charge in [0.1, 0.15) is 0 Å². The minimum atomic E-state index is -1.27. The third kappa shape index (κ3) is 3.74. The molecule has 17 heavy (non-hydrogen) atoms. The van der Waals surface area contributed by atoms with E-state index >= 15 is 0 Å². The largest absolute Gasteiger partial charge is 0.479 e. The lowest BCUT2D eigenvalue weighted by Gasteiger charge is -2.23. The predicted molar refractivity (Wildman–Crippen MR) is 61.8 cm³/mol. The van der Waals surface area contributed by atoms with Crippen molar-refractivity contribution in [2.24, 2.45) is 0 Å². The van der Waals surface area contributed by atoms with Gasteiger partial charge in [0.25, 0.3) is 0 Å². The third-order valence-corrected chi connectivity index (χ3v) is 2.62. The fraction of sp³-hybridized carbons (Fsp3) is 0.636. The molecule has 0 bridgehead atoms. The van der Waals surface area contributed by atoms with Crippen LogP contribution >= 0.6 is 0 Å². The van der Waals surface area contributed by atoms with Crippen LogP contribution in [0.1, 0.15) is 19.8 Å². The first kappa shape index (κ1) is 13.5. The van der Waals surface area contributed by atoms with Gasteiger partial charge in [-0.3, -0.25) is 0 Å². The lowest BCUT2D eigenvalue weighted by Crippen LogP contribution is -2.57. The van der Waals surface area contributed by atoms with E-state index in [1.54, 1.807) is 0 Å². The summed E-state index contributed by atoms with van der Waals surface area (Å²) < 4.78 is 5.03. The number of hydrogen-bond donors (Lipinski definition) is 3. The lowest BCUT2D eigenvalue weighted by molar-refractivity contribution is -0.144. The Morgan fingerprint density at radius 1 is 1.53 bits per heavy atom. The van der Waals surface area contributed by atoms with Gasteiger partial charge < -0.3 is 20.5 Å². The highest BCUT2D eigenvalue weighted by Crippen LogP contribution is 2.18. The average molecular weight is 242 g/mol. The number of ether oxygens (including phenoxy) is 1. The van der Waals surface area contributed by atoms with Crippen molar-refractivity contribution < 1.29 is 19.4 Å². The number of carbonyl (C=O) groups is 2. The summed E-state index contributed by atoms with van der Waals surface area (Å²) in [6.45, 7) is 2.75. The van der Waals surface area contributed by atoms with Crippen molar-refractivity contribution in [1.29, 1.82) is 0 Å². The van der Waals surface area contributed by atoms with Crippen LogP contribution in [0.25, 0.3) is 0 Å². The number of nitrogens with one attached hydrogen (secondary N) is 2. The minimum Gasteiger partial charge on any atom is -0.479 e. The van der Waals surface area contributed by atoms with Crippen LogP contribution < -0.4 is 10.6 Å². The van der Waals surface area contributed by atoms with Crippen LogP contribution in [0.3, 0.4) is 0 Å². The highest BCUT2D eigenvalue weighted by molar-refractivity contribution is 5.86. The molecule has 1 heterocycles. The van der Waals surface area contributed by atoms with Gasteiger partial charge in [-0.25, -0.2) is 9.59 Å². The van der Waals surface area contributed by atoms with Crippen LogP contribution in [-0.4, -0.2) is 42.4 Å². The van der Waals surface area contributed by atoms with Gasteiger partial charge in [0.15, 0.2) is 5.54 Å². The molecule has 1 aliphatic heterocycles. The van der Waals surface area contributed by atoms with Crippen LogP contribution in [0, 0.1) is 0 Å². The Balaban J connectivity index is 2.40. The summed E-state index contributed by atoms with van der Waals surface area (Å²) in [5.74, 6) is -1.06. The second-order valence-corrected chi connectivity index (χ2v) is 3.93. The van der Waals surface area contributed by atoms with Crippen LogP contribution in [-0.2, 0) is 9.53 Å². The molecule has 0 saturated carbocycles. The predicted octanol–water partition coefficient (Wildman–Crippen LogP) is 0.495. The van der Waals surface area contributed by atoms with Gasteiger partial charge in [0.05, 0.1) is 6.61 Å². The first-order valence-electron chi connectivity index (χ1n) is 5.59. The Hall–Kier alpha value is -1.56. The van der Waals surface area contributed by atoms with Gasteiger partial charge in [0, 0.05) is 19.6 Å². The zero-order valence-corrected chi connectivity index (χ0v) is 9.86. The first-order valence-corrected chi connectivity index (χ1v) is 5.59. The van der Waals surface area contributed by atoms with Crippen molar-refractivity contribution in [1.82, 2.24) is 10.6 Å². The molecule has 0 aromatic heterocycles. The summed E-state index contributed by atoms with van der Waals surface area (Å²) in [7, 11) is 0. The Morgan fingerprint density at radius 3 is 2.82 bits per heavy atom. The van der Waals surface area contributed by atoms with E-state index < -0.39 is 17.5 Å². The molecule has 1 rings (SSSR count). The summed E-state index contributed by atoms with van der Waals surface area (Å²) in [6, 6.07) is -0.470. The second-order valence-electron chi connectivity index (χ2n) is 3.93. The average Bonchev–Trinajstić information content (AvgIpc) is 2.74. The maximum atomic E-state index is 11.5. The van der Waals surface area contributed by atoms with E-state index in [0.29, 0.717) is 19.6 Å². The maximum absolute atomic E-state index is 11.5. The van der Waals surface area contributed by atoms with E-state index in [1.807, 2.05) is 19.1 Å². The molecule has 3 N–H and O–H groups in total. The van der Waals surface area contributed by atoms with Gasteiger partial charge in [0.2, 0.25) is 0 Å². The summed E-state index contributed by atoms with van der Waals surface area (Å²) >= 11 is 0. The maximum Gasteiger partial charge on any atom is 0.332 e. The molecule has 0 spiro atoms. The molecule has 0 aliphatic carbocycles. The highest BCUT2D eigenvalue weighted by atomic mass is 16.5. The fourth-order valence-electron chi connectivity index (χ4n) is 1.58. The second kappa shape index (κ2) is 6.24. The molecule has 2 amide bonds. The summed E-state index contributed by atoms with van der Waals surface area (Å²) in [5.41, 5.74) is -1.27. The molecule has 0 aromatic carbocycles. The standard InChI is InChI=1S/C11H18N2O4/c1-2-3-4-6-12-10(16)13-11(9(14)15)5-7-17-8-11/h2-3H,4-8H2,1H3,(H,14,15)(H2,12,13,16)/b3-2+. The molecule has 0 radical (unpaired) electrons. The van der Waals surface area contributed by atoms with Gasteiger partial charge in [-0.15, -0.1) is 0 Å². The normalized spacial score (nSPS) is 23.8. The number of carbonyl (C=O) groups excluding carboxylic acids is 1. The smallest absolute Gasteiger partial charge is 0.332 e. The molecule has 1 saturated heterocycles. The number of hydrogen-bond acceptors (Lipinski definition) is 3. The van der Waals surface area contributed by atoms with Crippen molar-refractivity contribution >= 4 is 12.0 Å².